The average molecular weight is 323 g/mol. The summed E-state index contributed by atoms with van der Waals surface area (Å²) in [5, 5.41) is 0. The van der Waals surface area contributed by atoms with Gasteiger partial charge in [-0.3, -0.25) is 0 Å². The molecule has 0 bridgehead atoms. The predicted molar refractivity (Wildman–Crippen MR) is 91.7 cm³/mol. The van der Waals surface area contributed by atoms with Gasteiger partial charge >= 0.3 is 0 Å². The molecule has 114 valence electrons. The van der Waals surface area contributed by atoms with Crippen molar-refractivity contribution in [2.24, 2.45) is 0 Å². The van der Waals surface area contributed by atoms with E-state index < -0.39 is 4.87 Å². The van der Waals surface area contributed by atoms with Crippen molar-refractivity contribution in [1.29, 1.82) is 0 Å². The van der Waals surface area contributed by atoms with E-state index in [1.54, 1.807) is 7.11 Å². The molecule has 0 N–H and O–H groups in total. The number of halogens is 1. The first-order chi connectivity index (χ1) is 11.2. The van der Waals surface area contributed by atoms with Crippen LogP contribution in [0, 0.1) is 0 Å². The number of ether oxygens (including phenoxy) is 2. The van der Waals surface area contributed by atoms with Gasteiger partial charge in [-0.2, -0.15) is 0 Å². The molecule has 0 fully saturated rings. The van der Waals surface area contributed by atoms with Crippen LogP contribution in [-0.2, 0) is 4.87 Å². The number of methoxy groups -OCH3 is 1. The van der Waals surface area contributed by atoms with Crippen molar-refractivity contribution in [2.45, 2.75) is 4.87 Å². The van der Waals surface area contributed by atoms with Gasteiger partial charge in [0, 0.05) is 11.1 Å². The molecule has 0 aliphatic carbocycles. The van der Waals surface area contributed by atoms with Crippen molar-refractivity contribution in [3.8, 4) is 17.2 Å². The fourth-order valence-electron chi connectivity index (χ4n) is 3.08. The molecule has 0 spiro atoms. The Morgan fingerprint density at radius 3 is 1.83 bits per heavy atom. The molecule has 4 rings (SSSR count). The zero-order valence-corrected chi connectivity index (χ0v) is 13.4. The van der Waals surface area contributed by atoms with E-state index >= 15 is 0 Å². The Morgan fingerprint density at radius 1 is 0.783 bits per heavy atom. The molecule has 0 radical (unpaired) electrons. The number of hydrogen-bond donors (Lipinski definition) is 0. The molecule has 0 amide bonds. The Balaban J connectivity index is 1.98. The monoisotopic (exact) mass is 322 g/mol. The number of hydrogen-bond acceptors (Lipinski definition) is 2. The second-order valence-electron chi connectivity index (χ2n) is 5.48. The molecule has 0 saturated carbocycles. The third kappa shape index (κ3) is 2.10. The summed E-state index contributed by atoms with van der Waals surface area (Å²) in [5.41, 5.74) is 2.89. The first-order valence-electron chi connectivity index (χ1n) is 7.44. The predicted octanol–water partition coefficient (Wildman–Crippen LogP) is 5.33. The van der Waals surface area contributed by atoms with E-state index in [2.05, 4.69) is 0 Å². The first-order valence-corrected chi connectivity index (χ1v) is 7.81. The van der Waals surface area contributed by atoms with Crippen LogP contribution in [0.2, 0.25) is 0 Å². The van der Waals surface area contributed by atoms with E-state index in [-0.39, 0.29) is 0 Å². The third-order valence-electron chi connectivity index (χ3n) is 4.22. The lowest BCUT2D eigenvalue weighted by Crippen LogP contribution is -2.26. The fourth-order valence-corrected chi connectivity index (χ4v) is 3.51. The minimum Gasteiger partial charge on any atom is -0.497 e. The van der Waals surface area contributed by atoms with Crippen molar-refractivity contribution in [2.75, 3.05) is 7.11 Å². The minimum absolute atomic E-state index is 0.780. The van der Waals surface area contributed by atoms with E-state index in [4.69, 9.17) is 21.1 Å². The molecule has 0 aromatic heterocycles. The highest BCUT2D eigenvalue weighted by Crippen LogP contribution is 2.54. The molecular formula is C20H15ClO2. The van der Waals surface area contributed by atoms with Gasteiger partial charge in [-0.1, -0.05) is 48.5 Å². The normalized spacial score (nSPS) is 14.3. The first kappa shape index (κ1) is 14.2. The standard InChI is InChI=1S/C20H15ClO2/c1-22-15-12-10-14(11-13-15)20(21)16-6-2-4-8-18(16)23-19-9-5-3-7-17(19)20/h2-13H,1H3. The quantitative estimate of drug-likeness (QED) is 0.593. The molecule has 2 nitrogen and oxygen atoms in total. The van der Waals surface area contributed by atoms with Crippen LogP contribution in [0.25, 0.3) is 0 Å². The van der Waals surface area contributed by atoms with Gasteiger partial charge in [0.25, 0.3) is 0 Å². The van der Waals surface area contributed by atoms with Gasteiger partial charge in [0.05, 0.1) is 7.11 Å². The second-order valence-corrected chi connectivity index (χ2v) is 6.05. The zero-order valence-electron chi connectivity index (χ0n) is 12.6. The van der Waals surface area contributed by atoms with Crippen LogP contribution in [-0.4, -0.2) is 7.11 Å². The summed E-state index contributed by atoms with van der Waals surface area (Å²) >= 11 is 7.24. The summed E-state index contributed by atoms with van der Waals surface area (Å²) in [5.74, 6) is 2.39. The highest BCUT2D eigenvalue weighted by Gasteiger charge is 2.41. The van der Waals surface area contributed by atoms with Gasteiger partial charge in [-0.15, -0.1) is 11.6 Å². The Bertz CT molecular complexity index is 810. The molecule has 3 aromatic carbocycles. The summed E-state index contributed by atoms with van der Waals surface area (Å²) in [7, 11) is 1.66. The molecule has 0 saturated heterocycles. The van der Waals surface area contributed by atoms with Crippen molar-refractivity contribution >= 4 is 11.6 Å². The topological polar surface area (TPSA) is 18.5 Å². The molecule has 1 heterocycles. The summed E-state index contributed by atoms with van der Waals surface area (Å²) in [6.45, 7) is 0. The van der Waals surface area contributed by atoms with Crippen LogP contribution in [0.15, 0.2) is 72.8 Å². The molecule has 23 heavy (non-hydrogen) atoms. The number of benzene rings is 3. The third-order valence-corrected chi connectivity index (χ3v) is 4.85. The summed E-state index contributed by atoms with van der Waals surface area (Å²) < 4.78 is 11.3. The summed E-state index contributed by atoms with van der Waals surface area (Å²) in [6.07, 6.45) is 0. The zero-order chi connectivity index (χ0) is 15.9. The van der Waals surface area contributed by atoms with Crippen molar-refractivity contribution in [3.05, 3.63) is 89.5 Å². The maximum Gasteiger partial charge on any atom is 0.133 e. The van der Waals surface area contributed by atoms with Crippen LogP contribution >= 0.6 is 11.6 Å². The van der Waals surface area contributed by atoms with E-state index in [1.165, 1.54) is 0 Å². The molecule has 1 aliphatic rings. The maximum atomic E-state index is 7.24. The average Bonchev–Trinajstić information content (AvgIpc) is 2.62. The van der Waals surface area contributed by atoms with Crippen LogP contribution < -0.4 is 9.47 Å². The Kier molecular flexibility index (Phi) is 3.28. The molecule has 3 aromatic rings. The van der Waals surface area contributed by atoms with Crippen molar-refractivity contribution in [3.63, 3.8) is 0 Å². The lowest BCUT2D eigenvalue weighted by molar-refractivity contribution is 0.414. The fraction of sp³-hybridized carbons (Fsp3) is 0.100. The second kappa shape index (κ2) is 5.32. The number of para-hydroxylation sites is 2. The Morgan fingerprint density at radius 2 is 1.30 bits per heavy atom. The highest BCUT2D eigenvalue weighted by atomic mass is 35.5. The van der Waals surface area contributed by atoms with Gasteiger partial charge in [0.1, 0.15) is 22.1 Å². The maximum absolute atomic E-state index is 7.24. The number of alkyl halides is 1. The van der Waals surface area contributed by atoms with Crippen LogP contribution in [0.4, 0.5) is 0 Å². The van der Waals surface area contributed by atoms with Crippen molar-refractivity contribution < 1.29 is 9.47 Å². The smallest absolute Gasteiger partial charge is 0.133 e. The minimum atomic E-state index is -0.780. The van der Waals surface area contributed by atoms with E-state index in [1.807, 2.05) is 72.8 Å². The molecule has 0 unspecified atom stereocenters. The molecular weight excluding hydrogens is 308 g/mol. The Labute approximate surface area is 140 Å². The highest BCUT2D eigenvalue weighted by molar-refractivity contribution is 6.28. The van der Waals surface area contributed by atoms with Gasteiger partial charge in [-0.05, 0) is 29.8 Å². The van der Waals surface area contributed by atoms with Gasteiger partial charge < -0.3 is 9.47 Å². The Hall–Kier alpha value is -2.45. The van der Waals surface area contributed by atoms with Crippen LogP contribution in [0.1, 0.15) is 16.7 Å². The summed E-state index contributed by atoms with van der Waals surface area (Å²) in [6, 6.07) is 23.7. The molecule has 3 heteroatoms. The SMILES string of the molecule is COc1ccc(C2(Cl)c3ccccc3Oc3ccccc32)cc1. The largest absolute Gasteiger partial charge is 0.497 e. The van der Waals surface area contributed by atoms with Crippen molar-refractivity contribution in [1.82, 2.24) is 0 Å². The number of rotatable bonds is 2. The lowest BCUT2D eigenvalue weighted by atomic mass is 9.81. The van der Waals surface area contributed by atoms with Gasteiger partial charge in [0.15, 0.2) is 0 Å². The molecule has 1 aliphatic heterocycles. The molecule has 0 atom stereocenters. The van der Waals surface area contributed by atoms with E-state index in [0.29, 0.717) is 0 Å². The van der Waals surface area contributed by atoms with Crippen LogP contribution in [0.3, 0.4) is 0 Å². The van der Waals surface area contributed by atoms with Crippen LogP contribution in [0.5, 0.6) is 17.2 Å². The summed E-state index contributed by atoms with van der Waals surface area (Å²) in [4.78, 5) is -0.780. The van der Waals surface area contributed by atoms with E-state index in [9.17, 15) is 0 Å². The number of fused-ring (bicyclic) bond motifs is 2. The van der Waals surface area contributed by atoms with Gasteiger partial charge in [0.2, 0.25) is 0 Å². The lowest BCUT2D eigenvalue weighted by Gasteiger charge is -2.35. The van der Waals surface area contributed by atoms with Gasteiger partial charge in [-0.25, -0.2) is 0 Å². The van der Waals surface area contributed by atoms with E-state index in [0.717, 1.165) is 33.9 Å².